The molecule has 0 aliphatic heterocycles. The van der Waals surface area contributed by atoms with Crippen molar-refractivity contribution in [2.45, 2.75) is 13.8 Å². The Bertz CT molecular complexity index is 650. The Kier molecular flexibility index (Phi) is 4.53. The lowest BCUT2D eigenvalue weighted by molar-refractivity contribution is 0.146. The molecule has 20 heavy (non-hydrogen) atoms. The molecule has 0 bridgehead atoms. The zero-order chi connectivity index (χ0) is 14.5. The summed E-state index contributed by atoms with van der Waals surface area (Å²) in [4.78, 5) is 19.3. The minimum Gasteiger partial charge on any atom is -0.490 e. The third-order valence-electron chi connectivity index (χ3n) is 3.03. The van der Waals surface area contributed by atoms with Crippen LogP contribution in [0.15, 0.2) is 29.1 Å². The maximum Gasteiger partial charge on any atom is 0.274 e. The number of hydrogen-bond donors (Lipinski definition) is 1. The van der Waals surface area contributed by atoms with Crippen LogP contribution in [-0.4, -0.2) is 30.3 Å². The number of nitrogens with zero attached hydrogens (tertiary/aromatic N) is 1. The summed E-state index contributed by atoms with van der Waals surface area (Å²) in [5, 5.41) is 0. The van der Waals surface area contributed by atoms with Crippen LogP contribution in [0.2, 0.25) is 0 Å². The third-order valence-corrected chi connectivity index (χ3v) is 3.03. The fourth-order valence-electron chi connectivity index (χ4n) is 1.83. The molecule has 1 aromatic carbocycles. The van der Waals surface area contributed by atoms with E-state index in [1.165, 1.54) is 0 Å². The summed E-state index contributed by atoms with van der Waals surface area (Å²) >= 11 is 0. The molecular weight excluding hydrogens is 256 g/mol. The van der Waals surface area contributed by atoms with Gasteiger partial charge < -0.3 is 14.5 Å². The van der Waals surface area contributed by atoms with Gasteiger partial charge in [-0.05, 0) is 26.0 Å². The maximum atomic E-state index is 12.1. The molecule has 5 nitrogen and oxygen atoms in total. The molecule has 1 N–H and O–H groups in total. The van der Waals surface area contributed by atoms with E-state index in [2.05, 4.69) is 9.97 Å². The number of nitrogens with one attached hydrogen (secondary N) is 1. The van der Waals surface area contributed by atoms with E-state index >= 15 is 0 Å². The van der Waals surface area contributed by atoms with Crippen molar-refractivity contribution in [1.82, 2.24) is 9.97 Å². The fraction of sp³-hybridized carbons (Fsp3) is 0.333. The normalized spacial score (nSPS) is 10.6. The van der Waals surface area contributed by atoms with E-state index < -0.39 is 0 Å². The van der Waals surface area contributed by atoms with Gasteiger partial charge in [-0.3, -0.25) is 4.79 Å². The highest BCUT2D eigenvalue weighted by molar-refractivity contribution is 5.66. The standard InChI is InChI=1S/C15H18N2O3/c1-10-11(2)17-15(18)14(16-10)12-6-4-5-7-13(12)20-9-8-19-3/h4-7H,8-9H2,1-3H3,(H,17,18). The van der Waals surface area contributed by atoms with Gasteiger partial charge in [0.2, 0.25) is 0 Å². The molecular formula is C15H18N2O3. The van der Waals surface area contributed by atoms with Crippen molar-refractivity contribution in [3.05, 3.63) is 46.0 Å². The molecule has 0 aliphatic carbocycles. The third kappa shape index (κ3) is 3.05. The van der Waals surface area contributed by atoms with Gasteiger partial charge in [-0.1, -0.05) is 12.1 Å². The van der Waals surface area contributed by atoms with Crippen molar-refractivity contribution in [3.63, 3.8) is 0 Å². The number of aromatic amines is 1. The summed E-state index contributed by atoms with van der Waals surface area (Å²) in [5.41, 5.74) is 2.42. The summed E-state index contributed by atoms with van der Waals surface area (Å²) < 4.78 is 10.6. The number of para-hydroxylation sites is 1. The molecule has 106 valence electrons. The Morgan fingerprint density at radius 3 is 2.70 bits per heavy atom. The first-order valence-electron chi connectivity index (χ1n) is 6.42. The molecule has 0 atom stereocenters. The Morgan fingerprint density at radius 2 is 1.95 bits per heavy atom. The molecule has 0 amide bonds. The monoisotopic (exact) mass is 274 g/mol. The van der Waals surface area contributed by atoms with Crippen molar-refractivity contribution in [2.24, 2.45) is 0 Å². The lowest BCUT2D eigenvalue weighted by Crippen LogP contribution is -2.15. The minimum atomic E-state index is -0.212. The summed E-state index contributed by atoms with van der Waals surface area (Å²) in [5.74, 6) is 0.630. The molecule has 2 aromatic rings. The van der Waals surface area contributed by atoms with Crippen molar-refractivity contribution in [2.75, 3.05) is 20.3 Å². The Balaban J connectivity index is 2.42. The van der Waals surface area contributed by atoms with E-state index in [1.54, 1.807) is 7.11 Å². The van der Waals surface area contributed by atoms with Crippen molar-refractivity contribution < 1.29 is 9.47 Å². The van der Waals surface area contributed by atoms with Gasteiger partial charge >= 0.3 is 0 Å². The van der Waals surface area contributed by atoms with Crippen LogP contribution in [0.4, 0.5) is 0 Å². The number of aryl methyl sites for hydroxylation is 2. The van der Waals surface area contributed by atoms with Gasteiger partial charge in [-0.25, -0.2) is 4.98 Å². The summed E-state index contributed by atoms with van der Waals surface area (Å²) in [7, 11) is 1.62. The molecule has 0 saturated carbocycles. The number of hydrogen-bond acceptors (Lipinski definition) is 4. The van der Waals surface area contributed by atoms with Crippen LogP contribution in [0, 0.1) is 13.8 Å². The molecule has 1 heterocycles. The Hall–Kier alpha value is -2.14. The quantitative estimate of drug-likeness (QED) is 0.848. The lowest BCUT2D eigenvalue weighted by atomic mass is 10.1. The topological polar surface area (TPSA) is 64.2 Å². The highest BCUT2D eigenvalue weighted by atomic mass is 16.5. The predicted molar refractivity (Wildman–Crippen MR) is 77.1 cm³/mol. The van der Waals surface area contributed by atoms with Gasteiger partial charge in [0.25, 0.3) is 5.56 Å². The summed E-state index contributed by atoms with van der Waals surface area (Å²) in [6.45, 7) is 4.61. The Morgan fingerprint density at radius 1 is 1.20 bits per heavy atom. The molecule has 0 radical (unpaired) electrons. The number of ether oxygens (including phenoxy) is 2. The van der Waals surface area contributed by atoms with Crippen molar-refractivity contribution in [3.8, 4) is 17.0 Å². The molecule has 1 aromatic heterocycles. The second-order valence-corrected chi connectivity index (χ2v) is 4.46. The summed E-state index contributed by atoms with van der Waals surface area (Å²) in [6.07, 6.45) is 0. The fourth-order valence-corrected chi connectivity index (χ4v) is 1.83. The van der Waals surface area contributed by atoms with Crippen LogP contribution in [0.25, 0.3) is 11.3 Å². The lowest BCUT2D eigenvalue weighted by Gasteiger charge is -2.11. The van der Waals surface area contributed by atoms with Crippen LogP contribution in [0.3, 0.4) is 0 Å². The van der Waals surface area contributed by atoms with Crippen LogP contribution < -0.4 is 10.3 Å². The highest BCUT2D eigenvalue weighted by Gasteiger charge is 2.12. The summed E-state index contributed by atoms with van der Waals surface area (Å²) in [6, 6.07) is 7.37. The van der Waals surface area contributed by atoms with Gasteiger partial charge in [0, 0.05) is 18.4 Å². The first-order chi connectivity index (χ1) is 9.63. The van der Waals surface area contributed by atoms with Crippen LogP contribution in [0.5, 0.6) is 5.75 Å². The van der Waals surface area contributed by atoms with E-state index in [9.17, 15) is 4.79 Å². The molecule has 2 rings (SSSR count). The molecule has 0 spiro atoms. The first kappa shape index (κ1) is 14.3. The minimum absolute atomic E-state index is 0.212. The van der Waals surface area contributed by atoms with Crippen molar-refractivity contribution in [1.29, 1.82) is 0 Å². The van der Waals surface area contributed by atoms with E-state index in [0.717, 1.165) is 11.4 Å². The Labute approximate surface area is 117 Å². The highest BCUT2D eigenvalue weighted by Crippen LogP contribution is 2.26. The average Bonchev–Trinajstić information content (AvgIpc) is 2.44. The zero-order valence-electron chi connectivity index (χ0n) is 11.9. The number of aromatic nitrogens is 2. The van der Waals surface area contributed by atoms with Crippen molar-refractivity contribution >= 4 is 0 Å². The van der Waals surface area contributed by atoms with Gasteiger partial charge in [0.15, 0.2) is 0 Å². The van der Waals surface area contributed by atoms with Crippen LogP contribution in [-0.2, 0) is 4.74 Å². The second-order valence-electron chi connectivity index (χ2n) is 4.46. The predicted octanol–water partition coefficient (Wildman–Crippen LogP) is 2.08. The molecule has 0 saturated heterocycles. The van der Waals surface area contributed by atoms with Gasteiger partial charge in [0.1, 0.15) is 18.1 Å². The van der Waals surface area contributed by atoms with Gasteiger partial charge in [-0.15, -0.1) is 0 Å². The van der Waals surface area contributed by atoms with Gasteiger partial charge in [0.05, 0.1) is 12.3 Å². The van der Waals surface area contributed by atoms with Crippen LogP contribution in [0.1, 0.15) is 11.4 Å². The number of methoxy groups -OCH3 is 1. The maximum absolute atomic E-state index is 12.1. The first-order valence-corrected chi connectivity index (χ1v) is 6.42. The zero-order valence-corrected chi connectivity index (χ0v) is 11.9. The molecule has 0 aliphatic rings. The van der Waals surface area contributed by atoms with E-state index in [-0.39, 0.29) is 5.56 Å². The number of H-pyrrole nitrogens is 1. The van der Waals surface area contributed by atoms with E-state index in [0.29, 0.717) is 30.2 Å². The van der Waals surface area contributed by atoms with Gasteiger partial charge in [-0.2, -0.15) is 0 Å². The number of benzene rings is 1. The molecule has 0 fully saturated rings. The van der Waals surface area contributed by atoms with E-state index in [4.69, 9.17) is 9.47 Å². The largest absolute Gasteiger partial charge is 0.490 e. The smallest absolute Gasteiger partial charge is 0.274 e. The van der Waals surface area contributed by atoms with E-state index in [1.807, 2.05) is 38.1 Å². The number of rotatable bonds is 5. The average molecular weight is 274 g/mol. The SMILES string of the molecule is COCCOc1ccccc1-c1nc(C)c(C)[nH]c1=O. The van der Waals surface area contributed by atoms with Crippen LogP contribution >= 0.6 is 0 Å². The second kappa shape index (κ2) is 6.34. The molecule has 5 heteroatoms. The molecule has 0 unspecified atom stereocenters.